The first-order valence-corrected chi connectivity index (χ1v) is 14.8. The number of pyridine rings is 1. The van der Waals surface area contributed by atoms with Crippen molar-refractivity contribution in [2.24, 2.45) is 11.3 Å². The van der Waals surface area contributed by atoms with E-state index in [1.165, 1.54) is 25.2 Å². The third-order valence-corrected chi connectivity index (χ3v) is 9.58. The largest absolute Gasteiger partial charge is 0.437 e. The second-order valence-corrected chi connectivity index (χ2v) is 13.3. The number of hydrogen-bond donors (Lipinski definition) is 0. The van der Waals surface area contributed by atoms with E-state index in [2.05, 4.69) is 36.1 Å². The van der Waals surface area contributed by atoms with Crippen LogP contribution in [-0.2, 0) is 23.1 Å². The number of benzene rings is 1. The smallest absolute Gasteiger partial charge is 0.223 e. The van der Waals surface area contributed by atoms with Gasteiger partial charge in [0.05, 0.1) is 22.4 Å². The minimum atomic E-state index is -3.12. The number of nitrogens with zero attached hydrogens (tertiary/aromatic N) is 6. The lowest BCUT2D eigenvalue weighted by atomic mass is 9.73. The molecular formula is C24H28BrFN6O3S. The van der Waals surface area contributed by atoms with Gasteiger partial charge in [-0.2, -0.15) is 0 Å². The van der Waals surface area contributed by atoms with Crippen LogP contribution < -0.4 is 4.74 Å². The fourth-order valence-corrected chi connectivity index (χ4v) is 6.71. The van der Waals surface area contributed by atoms with Gasteiger partial charge in [-0.3, -0.25) is 4.90 Å². The van der Waals surface area contributed by atoms with Crippen molar-refractivity contribution >= 4 is 37.0 Å². The number of likely N-dealkylation sites (tertiary alicyclic amines) is 1. The molecular weight excluding hydrogens is 551 g/mol. The fourth-order valence-electron chi connectivity index (χ4n) is 5.20. The van der Waals surface area contributed by atoms with Crippen LogP contribution in [0.4, 0.5) is 4.39 Å². The molecule has 1 aliphatic carbocycles. The summed E-state index contributed by atoms with van der Waals surface area (Å²) in [5.74, 6) is 1.18. The van der Waals surface area contributed by atoms with E-state index < -0.39 is 15.8 Å². The zero-order valence-corrected chi connectivity index (χ0v) is 22.4. The van der Waals surface area contributed by atoms with Gasteiger partial charge in [-0.1, -0.05) is 5.21 Å². The predicted octanol–water partition coefficient (Wildman–Crippen LogP) is 3.79. The molecule has 192 valence electrons. The van der Waals surface area contributed by atoms with Crippen LogP contribution >= 0.6 is 15.9 Å². The summed E-state index contributed by atoms with van der Waals surface area (Å²) in [6.07, 6.45) is 6.73. The molecule has 6 rings (SSSR count). The molecule has 0 amide bonds. The molecule has 36 heavy (non-hydrogen) atoms. The molecule has 3 aromatic rings. The Labute approximate surface area is 217 Å². The van der Waals surface area contributed by atoms with Crippen LogP contribution in [0.15, 0.2) is 28.9 Å². The summed E-state index contributed by atoms with van der Waals surface area (Å²) in [4.78, 5) is 6.50. The molecule has 4 heterocycles. The van der Waals surface area contributed by atoms with Crippen LogP contribution in [0.5, 0.6) is 11.6 Å². The van der Waals surface area contributed by atoms with Gasteiger partial charge in [0.15, 0.2) is 0 Å². The van der Waals surface area contributed by atoms with Crippen molar-refractivity contribution in [3.8, 4) is 11.6 Å². The molecule has 3 aliphatic rings. The standard InChI is InChI=1S/C24H28BrFN6O3S/c1-36(33,34)31-14-24(15-31)6-8-30(9-7-24)13-17-10-18(26)11-27-23(17)35-20-5-4-19-22(21(20)25)28-29-32(19)12-16-2-3-16/h4-5,10-11,16H,2-3,6-9,12-15H2,1H3. The van der Waals surface area contributed by atoms with Crippen molar-refractivity contribution in [3.63, 3.8) is 0 Å². The third kappa shape index (κ3) is 4.75. The summed E-state index contributed by atoms with van der Waals surface area (Å²) >= 11 is 3.62. The van der Waals surface area contributed by atoms with Crippen molar-refractivity contribution < 1.29 is 17.5 Å². The average molecular weight is 579 g/mol. The van der Waals surface area contributed by atoms with E-state index in [0.29, 0.717) is 47.2 Å². The molecule has 2 saturated heterocycles. The number of ether oxygens (including phenoxy) is 1. The third-order valence-electron chi connectivity index (χ3n) is 7.62. The fraction of sp³-hybridized carbons (Fsp3) is 0.542. The molecule has 0 radical (unpaired) electrons. The maximum absolute atomic E-state index is 14.2. The van der Waals surface area contributed by atoms with Crippen molar-refractivity contribution in [1.82, 2.24) is 29.2 Å². The van der Waals surface area contributed by atoms with E-state index in [-0.39, 0.29) is 5.41 Å². The van der Waals surface area contributed by atoms with Crippen molar-refractivity contribution in [1.29, 1.82) is 0 Å². The number of aromatic nitrogens is 4. The molecule has 0 atom stereocenters. The molecule has 0 N–H and O–H groups in total. The Morgan fingerprint density at radius 1 is 1.22 bits per heavy atom. The number of fused-ring (bicyclic) bond motifs is 1. The van der Waals surface area contributed by atoms with Gasteiger partial charge in [0.1, 0.15) is 17.1 Å². The van der Waals surface area contributed by atoms with Gasteiger partial charge in [-0.15, -0.1) is 5.10 Å². The van der Waals surface area contributed by atoms with E-state index in [0.717, 1.165) is 49.7 Å². The van der Waals surface area contributed by atoms with E-state index >= 15 is 0 Å². The Hall–Kier alpha value is -2.15. The second kappa shape index (κ2) is 9.00. The van der Waals surface area contributed by atoms with Crippen LogP contribution in [-0.4, -0.2) is 70.0 Å². The summed E-state index contributed by atoms with van der Waals surface area (Å²) in [6, 6.07) is 5.28. The summed E-state index contributed by atoms with van der Waals surface area (Å²) in [7, 11) is -3.12. The number of hydrogen-bond acceptors (Lipinski definition) is 7. The molecule has 1 saturated carbocycles. The van der Waals surface area contributed by atoms with Crippen molar-refractivity contribution in [2.45, 2.75) is 38.8 Å². The molecule has 1 aromatic carbocycles. The zero-order valence-electron chi connectivity index (χ0n) is 20.0. The summed E-state index contributed by atoms with van der Waals surface area (Å²) in [5.41, 5.74) is 2.40. The Bertz CT molecular complexity index is 1410. The first-order chi connectivity index (χ1) is 17.2. The molecule has 0 unspecified atom stereocenters. The van der Waals surface area contributed by atoms with Crippen molar-refractivity contribution in [2.75, 3.05) is 32.4 Å². The Morgan fingerprint density at radius 2 is 1.97 bits per heavy atom. The average Bonchev–Trinajstić information content (AvgIpc) is 3.53. The van der Waals surface area contributed by atoms with Crippen molar-refractivity contribution in [3.05, 3.63) is 40.2 Å². The van der Waals surface area contributed by atoms with E-state index in [1.807, 2.05) is 16.8 Å². The maximum atomic E-state index is 14.2. The summed E-state index contributed by atoms with van der Waals surface area (Å²) in [6.45, 7) is 4.19. The quantitative estimate of drug-likeness (QED) is 0.421. The van der Waals surface area contributed by atoms with Gasteiger partial charge < -0.3 is 4.74 Å². The van der Waals surface area contributed by atoms with E-state index in [1.54, 1.807) is 4.31 Å². The Balaban J connectivity index is 1.16. The highest BCUT2D eigenvalue weighted by Gasteiger charge is 2.48. The topological polar surface area (TPSA) is 93.5 Å². The van der Waals surface area contributed by atoms with Crippen LogP contribution in [0.3, 0.4) is 0 Å². The second-order valence-electron chi connectivity index (χ2n) is 10.5. The molecule has 2 aliphatic heterocycles. The van der Waals surface area contributed by atoms with E-state index in [4.69, 9.17) is 4.74 Å². The van der Waals surface area contributed by atoms with Gasteiger partial charge in [0, 0.05) is 37.2 Å². The number of piperidine rings is 1. The highest BCUT2D eigenvalue weighted by atomic mass is 79.9. The van der Waals surface area contributed by atoms with Gasteiger partial charge in [0.25, 0.3) is 0 Å². The molecule has 0 bridgehead atoms. The maximum Gasteiger partial charge on any atom is 0.223 e. The molecule has 2 aromatic heterocycles. The lowest BCUT2D eigenvalue weighted by Crippen LogP contribution is -2.61. The lowest BCUT2D eigenvalue weighted by molar-refractivity contribution is -0.00119. The number of rotatable bonds is 7. The van der Waals surface area contributed by atoms with Crippen LogP contribution in [0.1, 0.15) is 31.2 Å². The SMILES string of the molecule is CS(=O)(=O)N1CC2(CCN(Cc3cc(F)cnc3Oc3ccc4c(nnn4CC4CC4)c3Br)CC2)C1. The minimum Gasteiger partial charge on any atom is -0.437 e. The van der Waals surface area contributed by atoms with E-state index in [9.17, 15) is 12.8 Å². The number of sulfonamides is 1. The molecule has 9 nitrogen and oxygen atoms in total. The lowest BCUT2D eigenvalue weighted by Gasteiger charge is -2.52. The first-order valence-electron chi connectivity index (χ1n) is 12.2. The van der Waals surface area contributed by atoms with Crippen LogP contribution in [0.25, 0.3) is 11.0 Å². The molecule has 12 heteroatoms. The normalized spacial score (nSPS) is 20.6. The highest BCUT2D eigenvalue weighted by Crippen LogP contribution is 2.42. The van der Waals surface area contributed by atoms with Crippen LogP contribution in [0.2, 0.25) is 0 Å². The first kappa shape index (κ1) is 24.2. The molecule has 3 fully saturated rings. The predicted molar refractivity (Wildman–Crippen MR) is 136 cm³/mol. The minimum absolute atomic E-state index is 0.0658. The number of halogens is 2. The zero-order chi connectivity index (χ0) is 25.1. The van der Waals surface area contributed by atoms with Gasteiger partial charge >= 0.3 is 0 Å². The monoisotopic (exact) mass is 578 g/mol. The summed E-state index contributed by atoms with van der Waals surface area (Å²) < 4.78 is 48.0. The summed E-state index contributed by atoms with van der Waals surface area (Å²) in [5, 5.41) is 8.64. The Kier molecular flexibility index (Phi) is 6.05. The van der Waals surface area contributed by atoms with Gasteiger partial charge in [-0.05, 0) is 78.8 Å². The van der Waals surface area contributed by atoms with Gasteiger partial charge in [-0.25, -0.2) is 26.8 Å². The molecule has 1 spiro atoms. The van der Waals surface area contributed by atoms with Crippen LogP contribution in [0, 0.1) is 17.2 Å². The Morgan fingerprint density at radius 3 is 2.67 bits per heavy atom. The highest BCUT2D eigenvalue weighted by molar-refractivity contribution is 9.10. The van der Waals surface area contributed by atoms with Gasteiger partial charge in [0.2, 0.25) is 15.9 Å².